The van der Waals surface area contributed by atoms with Crippen LogP contribution < -0.4 is 5.73 Å². The minimum absolute atomic E-state index is 0.0438. The second kappa shape index (κ2) is 7.18. The van der Waals surface area contributed by atoms with Crippen LogP contribution in [0.2, 0.25) is 0 Å². The van der Waals surface area contributed by atoms with Crippen LogP contribution in [0.15, 0.2) is 24.3 Å². The molecule has 0 radical (unpaired) electrons. The second-order valence-corrected chi connectivity index (χ2v) is 8.59. The predicted octanol–water partition coefficient (Wildman–Crippen LogP) is 1.93. The largest absolute Gasteiger partial charge is 0.392 e. The minimum atomic E-state index is -3.65. The van der Waals surface area contributed by atoms with Crippen molar-refractivity contribution in [1.82, 2.24) is 4.31 Å². The zero-order valence-electron chi connectivity index (χ0n) is 13.0. The lowest BCUT2D eigenvalue weighted by molar-refractivity contribution is 0.483. The molecular weight excluding hydrogens is 318 g/mol. The normalized spacial score (nSPS) is 12.1. The molecule has 120 valence electrons. The molecule has 0 amide bonds. The van der Waals surface area contributed by atoms with E-state index in [4.69, 9.17) is 23.2 Å². The van der Waals surface area contributed by atoms with Gasteiger partial charge in [-0.05, 0) is 16.5 Å². The standard InChI is InChI=1S/C15H21N3O2S2/c1-15(2,3)13-6-4-5-12(9-13)11-22(19,20)18(8-7-16)10-14(17)21/h4-6,9H,8,10-11H2,1-3H3,(H2,17,21). The Bertz CT molecular complexity index is 685. The molecule has 0 bridgehead atoms. The first-order valence-electron chi connectivity index (χ1n) is 6.79. The molecule has 22 heavy (non-hydrogen) atoms. The molecule has 1 rings (SSSR count). The number of rotatable bonds is 6. The van der Waals surface area contributed by atoms with E-state index in [1.165, 1.54) is 0 Å². The van der Waals surface area contributed by atoms with Crippen LogP contribution in [0.25, 0.3) is 0 Å². The molecule has 0 saturated heterocycles. The van der Waals surface area contributed by atoms with E-state index in [2.05, 4.69) is 20.8 Å². The van der Waals surface area contributed by atoms with E-state index < -0.39 is 10.0 Å². The van der Waals surface area contributed by atoms with E-state index in [9.17, 15) is 8.42 Å². The van der Waals surface area contributed by atoms with Crippen molar-refractivity contribution in [3.8, 4) is 6.07 Å². The SMILES string of the molecule is CC(C)(C)c1cccc(CS(=O)(=O)N(CC#N)CC(N)=S)c1. The summed E-state index contributed by atoms with van der Waals surface area (Å²) in [5.41, 5.74) is 7.08. The monoisotopic (exact) mass is 339 g/mol. The van der Waals surface area contributed by atoms with Gasteiger partial charge in [0.25, 0.3) is 0 Å². The molecule has 0 saturated carbocycles. The summed E-state index contributed by atoms with van der Waals surface area (Å²) < 4.78 is 25.9. The van der Waals surface area contributed by atoms with Crippen LogP contribution in [-0.4, -0.2) is 30.8 Å². The smallest absolute Gasteiger partial charge is 0.219 e. The highest BCUT2D eigenvalue weighted by molar-refractivity contribution is 7.88. The number of nitrogens with zero attached hydrogens (tertiary/aromatic N) is 2. The van der Waals surface area contributed by atoms with E-state index in [-0.39, 0.29) is 29.2 Å². The Labute approximate surface area is 137 Å². The molecule has 2 N–H and O–H groups in total. The average molecular weight is 339 g/mol. The molecule has 0 aliphatic carbocycles. The van der Waals surface area contributed by atoms with Crippen LogP contribution in [0.1, 0.15) is 31.9 Å². The van der Waals surface area contributed by atoms with Gasteiger partial charge < -0.3 is 5.73 Å². The lowest BCUT2D eigenvalue weighted by Crippen LogP contribution is -2.38. The molecule has 0 heterocycles. The summed E-state index contributed by atoms with van der Waals surface area (Å²) in [6.45, 7) is 5.81. The number of sulfonamides is 1. The van der Waals surface area contributed by atoms with Gasteiger partial charge in [0.15, 0.2) is 0 Å². The Balaban J connectivity index is 3.05. The molecule has 1 aromatic carbocycles. The number of thiocarbonyl (C=S) groups is 1. The molecule has 0 spiro atoms. The zero-order chi connectivity index (χ0) is 17.0. The third kappa shape index (κ3) is 5.37. The van der Waals surface area contributed by atoms with Gasteiger partial charge >= 0.3 is 0 Å². The summed E-state index contributed by atoms with van der Waals surface area (Å²) in [7, 11) is -3.65. The first-order valence-corrected chi connectivity index (χ1v) is 8.80. The molecule has 0 aliphatic heterocycles. The van der Waals surface area contributed by atoms with Gasteiger partial charge in [0, 0.05) is 0 Å². The second-order valence-electron chi connectivity index (χ2n) is 6.10. The van der Waals surface area contributed by atoms with Gasteiger partial charge in [0.1, 0.15) is 6.54 Å². The summed E-state index contributed by atoms with van der Waals surface area (Å²) in [4.78, 5) is 0.0438. The van der Waals surface area contributed by atoms with Gasteiger partial charge in [0.05, 0.1) is 23.4 Å². The molecule has 0 atom stereocenters. The van der Waals surface area contributed by atoms with E-state index >= 15 is 0 Å². The number of nitriles is 1. The Morgan fingerprint density at radius 3 is 2.55 bits per heavy atom. The van der Waals surface area contributed by atoms with Crippen molar-refractivity contribution in [2.24, 2.45) is 5.73 Å². The third-order valence-electron chi connectivity index (χ3n) is 3.11. The van der Waals surface area contributed by atoms with E-state index in [1.54, 1.807) is 6.07 Å². The highest BCUT2D eigenvalue weighted by Crippen LogP contribution is 2.23. The van der Waals surface area contributed by atoms with Crippen LogP contribution in [0, 0.1) is 11.3 Å². The highest BCUT2D eigenvalue weighted by Gasteiger charge is 2.23. The number of nitrogens with two attached hydrogens (primary N) is 1. The zero-order valence-corrected chi connectivity index (χ0v) is 14.7. The predicted molar refractivity (Wildman–Crippen MR) is 91.7 cm³/mol. The Morgan fingerprint density at radius 1 is 1.41 bits per heavy atom. The van der Waals surface area contributed by atoms with Gasteiger partial charge in [-0.15, -0.1) is 0 Å². The molecule has 0 aliphatic rings. The fourth-order valence-electron chi connectivity index (χ4n) is 1.93. The summed E-state index contributed by atoms with van der Waals surface area (Å²) in [6.07, 6.45) is 0. The number of hydrogen-bond acceptors (Lipinski definition) is 4. The van der Waals surface area contributed by atoms with Crippen molar-refractivity contribution >= 4 is 27.2 Å². The highest BCUT2D eigenvalue weighted by atomic mass is 32.2. The van der Waals surface area contributed by atoms with Crippen LogP contribution in [-0.2, 0) is 21.2 Å². The number of hydrogen-bond donors (Lipinski definition) is 1. The van der Waals surface area contributed by atoms with Crippen LogP contribution >= 0.6 is 12.2 Å². The van der Waals surface area contributed by atoms with Crippen molar-refractivity contribution in [1.29, 1.82) is 5.26 Å². The average Bonchev–Trinajstić information content (AvgIpc) is 2.36. The Kier molecular flexibility index (Phi) is 6.06. The molecule has 0 unspecified atom stereocenters. The quantitative estimate of drug-likeness (QED) is 0.632. The van der Waals surface area contributed by atoms with Gasteiger partial charge in [-0.25, -0.2) is 8.42 Å². The summed E-state index contributed by atoms with van der Waals surface area (Å²) in [6, 6.07) is 9.28. The lowest BCUT2D eigenvalue weighted by atomic mass is 9.86. The fraction of sp³-hybridized carbons (Fsp3) is 0.467. The summed E-state index contributed by atoms with van der Waals surface area (Å²) in [5, 5.41) is 8.79. The van der Waals surface area contributed by atoms with E-state index in [1.807, 2.05) is 24.3 Å². The summed E-state index contributed by atoms with van der Waals surface area (Å²) in [5.74, 6) is -0.179. The van der Waals surface area contributed by atoms with Gasteiger partial charge in [0.2, 0.25) is 10.0 Å². The maximum absolute atomic E-state index is 12.4. The van der Waals surface area contributed by atoms with Crippen LogP contribution in [0.5, 0.6) is 0 Å². The van der Waals surface area contributed by atoms with Crippen molar-refractivity contribution in [2.75, 3.05) is 13.1 Å². The van der Waals surface area contributed by atoms with Crippen molar-refractivity contribution in [2.45, 2.75) is 31.9 Å². The first-order chi connectivity index (χ1) is 10.1. The topological polar surface area (TPSA) is 87.2 Å². The molecule has 5 nitrogen and oxygen atoms in total. The van der Waals surface area contributed by atoms with Gasteiger partial charge in [-0.3, -0.25) is 0 Å². The Hall–Kier alpha value is -1.49. The minimum Gasteiger partial charge on any atom is -0.392 e. The van der Waals surface area contributed by atoms with Crippen LogP contribution in [0.3, 0.4) is 0 Å². The molecule has 0 aromatic heterocycles. The number of benzene rings is 1. The maximum Gasteiger partial charge on any atom is 0.219 e. The van der Waals surface area contributed by atoms with Crippen molar-refractivity contribution in [3.63, 3.8) is 0 Å². The van der Waals surface area contributed by atoms with Crippen LogP contribution in [0.4, 0.5) is 0 Å². The molecular formula is C15H21N3O2S2. The third-order valence-corrected chi connectivity index (χ3v) is 4.99. The molecule has 1 aromatic rings. The van der Waals surface area contributed by atoms with Gasteiger partial charge in [-0.2, -0.15) is 9.57 Å². The van der Waals surface area contributed by atoms with E-state index in [0.717, 1.165) is 9.87 Å². The Morgan fingerprint density at radius 2 is 2.05 bits per heavy atom. The fourth-order valence-corrected chi connectivity index (χ4v) is 3.55. The molecule has 0 fully saturated rings. The summed E-state index contributed by atoms with van der Waals surface area (Å²) >= 11 is 4.75. The van der Waals surface area contributed by atoms with Crippen molar-refractivity contribution < 1.29 is 8.42 Å². The van der Waals surface area contributed by atoms with Crippen molar-refractivity contribution in [3.05, 3.63) is 35.4 Å². The first kappa shape index (κ1) is 18.6. The van der Waals surface area contributed by atoms with E-state index in [0.29, 0.717) is 5.56 Å². The van der Waals surface area contributed by atoms with Gasteiger partial charge in [-0.1, -0.05) is 57.3 Å². The molecule has 7 heteroatoms. The maximum atomic E-state index is 12.4. The lowest BCUT2D eigenvalue weighted by Gasteiger charge is -2.21.